The molecule has 1 N–H and O–H groups in total. The molecule has 0 aliphatic rings. The van der Waals surface area contributed by atoms with Crippen LogP contribution < -0.4 is 14.4 Å². The lowest BCUT2D eigenvalue weighted by molar-refractivity contribution is -0.139. The van der Waals surface area contributed by atoms with Gasteiger partial charge in [0.05, 0.1) is 19.1 Å². The van der Waals surface area contributed by atoms with Crippen LogP contribution in [0.25, 0.3) is 0 Å². The molecule has 0 fully saturated rings. The van der Waals surface area contributed by atoms with Crippen molar-refractivity contribution in [1.29, 1.82) is 0 Å². The fourth-order valence-corrected chi connectivity index (χ4v) is 4.55. The highest BCUT2D eigenvalue weighted by molar-refractivity contribution is 7.92. The van der Waals surface area contributed by atoms with Gasteiger partial charge in [-0.05, 0) is 53.6 Å². The zero-order valence-corrected chi connectivity index (χ0v) is 24.1. The molecule has 0 saturated carbocycles. The zero-order valence-electron chi connectivity index (χ0n) is 23.2. The van der Waals surface area contributed by atoms with E-state index in [9.17, 15) is 18.0 Å². The first kappa shape index (κ1) is 30.2. The summed E-state index contributed by atoms with van der Waals surface area (Å²) in [4.78, 5) is 28.0. The highest BCUT2D eigenvalue weighted by Gasteiger charge is 2.30. The molecule has 204 valence electrons. The molecule has 0 unspecified atom stereocenters. The van der Waals surface area contributed by atoms with Gasteiger partial charge in [-0.1, -0.05) is 58.9 Å². The molecule has 8 nitrogen and oxygen atoms in total. The van der Waals surface area contributed by atoms with Crippen molar-refractivity contribution < 1.29 is 22.7 Å². The highest BCUT2D eigenvalue weighted by Crippen LogP contribution is 2.26. The number of hydrogen-bond donors (Lipinski definition) is 1. The predicted molar refractivity (Wildman–Crippen MR) is 148 cm³/mol. The maximum absolute atomic E-state index is 13.6. The van der Waals surface area contributed by atoms with E-state index in [4.69, 9.17) is 4.74 Å². The van der Waals surface area contributed by atoms with Crippen molar-refractivity contribution >= 4 is 27.5 Å². The second-order valence-corrected chi connectivity index (χ2v) is 12.7. The van der Waals surface area contributed by atoms with Gasteiger partial charge < -0.3 is 15.0 Å². The maximum Gasteiger partial charge on any atom is 0.244 e. The monoisotopic (exact) mass is 531 g/mol. The largest absolute Gasteiger partial charge is 0.497 e. The van der Waals surface area contributed by atoms with E-state index in [2.05, 4.69) is 26.1 Å². The second-order valence-electron chi connectivity index (χ2n) is 10.8. The number of amides is 2. The smallest absolute Gasteiger partial charge is 0.244 e. The first-order valence-corrected chi connectivity index (χ1v) is 14.3. The molecule has 2 rings (SSSR count). The zero-order chi connectivity index (χ0) is 28.0. The van der Waals surface area contributed by atoms with E-state index in [0.29, 0.717) is 18.0 Å². The molecule has 0 spiro atoms. The van der Waals surface area contributed by atoms with Gasteiger partial charge in [0.25, 0.3) is 0 Å². The number of carbonyl (C=O) groups excluding carboxylic acids is 2. The Kier molecular flexibility index (Phi) is 10.1. The average Bonchev–Trinajstić information content (AvgIpc) is 2.83. The number of nitrogens with one attached hydrogen (secondary N) is 1. The number of rotatable bonds is 11. The third-order valence-corrected chi connectivity index (χ3v) is 7.20. The minimum atomic E-state index is -3.78. The molecule has 0 heterocycles. The molecule has 0 bridgehead atoms. The summed E-state index contributed by atoms with van der Waals surface area (Å²) in [5.41, 5.74) is 2.13. The molecular weight excluding hydrogens is 490 g/mol. The Labute approximate surface area is 222 Å². The SMILES string of the molecule is COc1ccc(CN(C(=O)CN(c2ccc(C(C)(C)C)cc2)S(C)(=O)=O)[C@@H](C)C(=O)NCC(C)C)cc1. The van der Waals surface area contributed by atoms with Gasteiger partial charge >= 0.3 is 0 Å². The lowest BCUT2D eigenvalue weighted by Gasteiger charge is -2.32. The lowest BCUT2D eigenvalue weighted by atomic mass is 9.87. The van der Waals surface area contributed by atoms with Crippen molar-refractivity contribution in [2.24, 2.45) is 5.92 Å². The molecule has 2 amide bonds. The molecule has 2 aromatic rings. The van der Waals surface area contributed by atoms with E-state index in [0.717, 1.165) is 21.7 Å². The first-order valence-electron chi connectivity index (χ1n) is 12.4. The van der Waals surface area contributed by atoms with Gasteiger partial charge in [0.2, 0.25) is 21.8 Å². The Balaban J connectivity index is 2.38. The van der Waals surface area contributed by atoms with E-state index >= 15 is 0 Å². The molecule has 0 radical (unpaired) electrons. The maximum atomic E-state index is 13.6. The van der Waals surface area contributed by atoms with E-state index in [1.165, 1.54) is 4.90 Å². The topological polar surface area (TPSA) is 96.0 Å². The van der Waals surface area contributed by atoms with Gasteiger partial charge in [0.1, 0.15) is 18.3 Å². The molecular formula is C28H41N3O5S. The summed E-state index contributed by atoms with van der Waals surface area (Å²) in [6, 6.07) is 13.5. The van der Waals surface area contributed by atoms with E-state index in [1.54, 1.807) is 38.3 Å². The summed E-state index contributed by atoms with van der Waals surface area (Å²) < 4.78 is 31.8. The van der Waals surface area contributed by atoms with Crippen LogP contribution in [0.4, 0.5) is 5.69 Å². The summed E-state index contributed by atoms with van der Waals surface area (Å²) >= 11 is 0. The standard InChI is InChI=1S/C28H41N3O5S/c1-20(2)17-29-27(33)21(3)30(18-22-9-15-25(36-7)16-10-22)26(32)19-31(37(8,34)35)24-13-11-23(12-14-24)28(4,5)6/h9-16,20-21H,17-19H2,1-8H3,(H,29,33)/t21-/m0/s1. The summed E-state index contributed by atoms with van der Waals surface area (Å²) in [7, 11) is -2.21. The minimum Gasteiger partial charge on any atom is -0.497 e. The van der Waals surface area contributed by atoms with Gasteiger partial charge in [0, 0.05) is 13.1 Å². The lowest BCUT2D eigenvalue weighted by Crippen LogP contribution is -2.51. The van der Waals surface area contributed by atoms with Gasteiger partial charge in [-0.2, -0.15) is 0 Å². The van der Waals surface area contributed by atoms with Gasteiger partial charge in [0.15, 0.2) is 0 Å². The summed E-state index contributed by atoms with van der Waals surface area (Å²) in [5, 5.41) is 2.87. The van der Waals surface area contributed by atoms with Crippen LogP contribution in [0.5, 0.6) is 5.75 Å². The second kappa shape index (κ2) is 12.4. The molecule has 37 heavy (non-hydrogen) atoms. The van der Waals surface area contributed by atoms with Gasteiger partial charge in [-0.25, -0.2) is 8.42 Å². The van der Waals surface area contributed by atoms with Crippen LogP contribution in [0.3, 0.4) is 0 Å². The Morgan fingerprint density at radius 1 is 0.973 bits per heavy atom. The molecule has 0 aliphatic carbocycles. The molecule has 0 aromatic heterocycles. The number of hydrogen-bond acceptors (Lipinski definition) is 5. The molecule has 0 saturated heterocycles. The summed E-state index contributed by atoms with van der Waals surface area (Å²) in [5.74, 6) is 0.148. The highest BCUT2D eigenvalue weighted by atomic mass is 32.2. The summed E-state index contributed by atoms with van der Waals surface area (Å²) in [6.07, 6.45) is 1.07. The predicted octanol–water partition coefficient (Wildman–Crippen LogP) is 3.95. The molecule has 0 aliphatic heterocycles. The van der Waals surface area contributed by atoms with Gasteiger partial charge in [-0.3, -0.25) is 13.9 Å². The number of carbonyl (C=O) groups is 2. The fraction of sp³-hybridized carbons (Fsp3) is 0.500. The van der Waals surface area contributed by atoms with Gasteiger partial charge in [-0.15, -0.1) is 0 Å². The van der Waals surface area contributed by atoms with Crippen LogP contribution in [0.15, 0.2) is 48.5 Å². The van der Waals surface area contributed by atoms with Crippen LogP contribution in [-0.2, 0) is 31.6 Å². The Morgan fingerprint density at radius 2 is 1.54 bits per heavy atom. The molecule has 2 aromatic carbocycles. The number of anilines is 1. The van der Waals surface area contributed by atoms with Crippen molar-refractivity contribution in [3.63, 3.8) is 0 Å². The third-order valence-electron chi connectivity index (χ3n) is 6.06. The molecule has 9 heteroatoms. The van der Waals surface area contributed by atoms with E-state index < -0.39 is 28.5 Å². The Hall–Kier alpha value is -3.07. The van der Waals surface area contributed by atoms with Crippen LogP contribution >= 0.6 is 0 Å². The van der Waals surface area contributed by atoms with Crippen molar-refractivity contribution in [3.8, 4) is 5.75 Å². The van der Waals surface area contributed by atoms with Crippen LogP contribution in [-0.4, -0.2) is 57.6 Å². The van der Waals surface area contributed by atoms with Crippen molar-refractivity contribution in [3.05, 3.63) is 59.7 Å². The van der Waals surface area contributed by atoms with Crippen molar-refractivity contribution in [1.82, 2.24) is 10.2 Å². The summed E-state index contributed by atoms with van der Waals surface area (Å²) in [6.45, 7) is 12.0. The first-order chi connectivity index (χ1) is 17.1. The van der Waals surface area contributed by atoms with Crippen LogP contribution in [0.2, 0.25) is 0 Å². The quantitative estimate of drug-likeness (QED) is 0.474. The number of ether oxygens (including phenoxy) is 1. The third kappa shape index (κ3) is 8.77. The van der Waals surface area contributed by atoms with Crippen molar-refractivity contribution in [2.75, 3.05) is 30.8 Å². The van der Waals surface area contributed by atoms with Crippen LogP contribution in [0.1, 0.15) is 52.7 Å². The van der Waals surface area contributed by atoms with Crippen LogP contribution in [0, 0.1) is 5.92 Å². The Bertz CT molecular complexity index is 1150. The van der Waals surface area contributed by atoms with Crippen molar-refractivity contribution in [2.45, 2.75) is 59.5 Å². The normalized spacial score (nSPS) is 12.7. The van der Waals surface area contributed by atoms with E-state index in [1.807, 2.05) is 38.1 Å². The number of nitrogens with zero attached hydrogens (tertiary/aromatic N) is 2. The number of sulfonamides is 1. The van der Waals surface area contributed by atoms with E-state index in [-0.39, 0.29) is 23.8 Å². The number of benzene rings is 2. The molecule has 1 atom stereocenters. The minimum absolute atomic E-state index is 0.0990. The Morgan fingerprint density at radius 3 is 2.00 bits per heavy atom. The number of methoxy groups -OCH3 is 1. The fourth-order valence-electron chi connectivity index (χ4n) is 3.70. The average molecular weight is 532 g/mol.